The maximum absolute atomic E-state index is 12.8. The first-order valence-electron chi connectivity index (χ1n) is 9.93. The lowest BCUT2D eigenvalue weighted by molar-refractivity contribution is -0.129. The van der Waals surface area contributed by atoms with Crippen molar-refractivity contribution in [3.8, 4) is 0 Å². The Balaban J connectivity index is 1.90. The molecule has 1 fully saturated rings. The molecule has 3 rings (SSSR count). The van der Waals surface area contributed by atoms with Gasteiger partial charge in [0, 0.05) is 10.8 Å². The number of carbonyl (C=O) groups is 1. The van der Waals surface area contributed by atoms with E-state index in [1.165, 1.54) is 6.08 Å². The largest absolute Gasteiger partial charge is 0.534 e. The SMILES string of the molecule is CCCC1(C)C(OC=O)=CCC2C1CCC1(C)C(OS(=O)(=O)C(F)(F)F)=CCC21. The van der Waals surface area contributed by atoms with E-state index in [2.05, 4.69) is 18.0 Å². The minimum absolute atomic E-state index is 0.0232. The molecule has 3 aliphatic carbocycles. The summed E-state index contributed by atoms with van der Waals surface area (Å²) in [5.74, 6) is 0.906. The molecule has 0 bridgehead atoms. The first kappa shape index (κ1) is 22.2. The Morgan fingerprint density at radius 1 is 1.17 bits per heavy atom. The summed E-state index contributed by atoms with van der Waals surface area (Å²) in [7, 11) is -5.69. The first-order chi connectivity index (χ1) is 13.4. The van der Waals surface area contributed by atoms with Crippen LogP contribution in [0.4, 0.5) is 13.2 Å². The Hall–Kier alpha value is -1.51. The van der Waals surface area contributed by atoms with Crippen molar-refractivity contribution in [1.29, 1.82) is 0 Å². The average Bonchev–Trinajstić information content (AvgIpc) is 2.93. The molecule has 0 spiro atoms. The quantitative estimate of drug-likeness (QED) is 0.331. The summed E-state index contributed by atoms with van der Waals surface area (Å²) in [6.07, 6.45) is 7.48. The number of hydrogen-bond donors (Lipinski definition) is 0. The minimum Gasteiger partial charge on any atom is -0.433 e. The zero-order valence-corrected chi connectivity index (χ0v) is 17.6. The van der Waals surface area contributed by atoms with Gasteiger partial charge in [-0.25, -0.2) is 0 Å². The van der Waals surface area contributed by atoms with Gasteiger partial charge in [0.1, 0.15) is 11.5 Å². The molecule has 5 nitrogen and oxygen atoms in total. The van der Waals surface area contributed by atoms with Crippen LogP contribution in [0, 0.1) is 28.6 Å². The van der Waals surface area contributed by atoms with Crippen molar-refractivity contribution < 1.29 is 35.3 Å². The lowest BCUT2D eigenvalue weighted by Crippen LogP contribution is -2.49. The summed E-state index contributed by atoms with van der Waals surface area (Å²) in [4.78, 5) is 11.0. The highest BCUT2D eigenvalue weighted by molar-refractivity contribution is 7.87. The van der Waals surface area contributed by atoms with E-state index in [-0.39, 0.29) is 28.9 Å². The van der Waals surface area contributed by atoms with Crippen LogP contribution < -0.4 is 0 Å². The monoisotopic (exact) mass is 436 g/mol. The molecule has 0 amide bonds. The van der Waals surface area contributed by atoms with Crippen LogP contribution in [0.3, 0.4) is 0 Å². The van der Waals surface area contributed by atoms with Gasteiger partial charge < -0.3 is 8.92 Å². The van der Waals surface area contributed by atoms with E-state index in [4.69, 9.17) is 4.74 Å². The van der Waals surface area contributed by atoms with Gasteiger partial charge in [0.25, 0.3) is 6.47 Å². The second-order valence-electron chi connectivity index (χ2n) is 8.81. The van der Waals surface area contributed by atoms with Crippen molar-refractivity contribution in [2.75, 3.05) is 0 Å². The average molecular weight is 436 g/mol. The van der Waals surface area contributed by atoms with E-state index >= 15 is 0 Å². The highest BCUT2D eigenvalue weighted by Gasteiger charge is 2.59. The molecule has 0 N–H and O–H groups in total. The van der Waals surface area contributed by atoms with Crippen molar-refractivity contribution in [3.05, 3.63) is 23.7 Å². The molecule has 164 valence electrons. The first-order valence-corrected chi connectivity index (χ1v) is 11.3. The molecule has 29 heavy (non-hydrogen) atoms. The Morgan fingerprint density at radius 2 is 1.83 bits per heavy atom. The molecule has 0 heterocycles. The van der Waals surface area contributed by atoms with Crippen LogP contribution in [0.1, 0.15) is 59.3 Å². The van der Waals surface area contributed by atoms with Crippen molar-refractivity contribution >= 4 is 16.6 Å². The fourth-order valence-electron chi connectivity index (χ4n) is 5.95. The molecule has 0 aromatic rings. The van der Waals surface area contributed by atoms with Crippen LogP contribution in [0.15, 0.2) is 23.7 Å². The standard InChI is InChI=1S/C20H27F3O5S/c1-4-10-18(2)15-9-11-19(3)14(13(15)5-7-16(18)27-12-24)6-8-17(19)28-29(25,26)20(21,22)23/h7-8,12-15H,4-6,9-11H2,1-3H3. The molecule has 5 atom stereocenters. The zero-order valence-electron chi connectivity index (χ0n) is 16.8. The van der Waals surface area contributed by atoms with E-state index < -0.39 is 21.0 Å². The van der Waals surface area contributed by atoms with Crippen LogP contribution >= 0.6 is 0 Å². The van der Waals surface area contributed by atoms with Gasteiger partial charge in [-0.1, -0.05) is 27.2 Å². The van der Waals surface area contributed by atoms with E-state index in [1.807, 2.05) is 6.08 Å². The third kappa shape index (κ3) is 3.49. The summed E-state index contributed by atoms with van der Waals surface area (Å²) in [6.45, 7) is 6.39. The van der Waals surface area contributed by atoms with Gasteiger partial charge in [-0.3, -0.25) is 4.79 Å². The third-order valence-corrected chi connectivity index (χ3v) is 8.30. The van der Waals surface area contributed by atoms with Gasteiger partial charge >= 0.3 is 15.6 Å². The van der Waals surface area contributed by atoms with E-state index in [0.29, 0.717) is 37.9 Å². The summed E-state index contributed by atoms with van der Waals surface area (Å²) in [5.41, 5.74) is -6.54. The lowest BCUT2D eigenvalue weighted by Gasteiger charge is -2.54. The highest BCUT2D eigenvalue weighted by atomic mass is 32.2. The van der Waals surface area contributed by atoms with Crippen LogP contribution in [0.2, 0.25) is 0 Å². The summed E-state index contributed by atoms with van der Waals surface area (Å²) in [6, 6.07) is 0. The molecular weight excluding hydrogens is 409 g/mol. The number of halogens is 3. The fraction of sp³-hybridized carbons (Fsp3) is 0.750. The van der Waals surface area contributed by atoms with Gasteiger partial charge in [-0.15, -0.1) is 0 Å². The Morgan fingerprint density at radius 3 is 2.41 bits per heavy atom. The molecular formula is C20H27F3O5S. The molecule has 3 aliphatic rings. The predicted molar refractivity (Wildman–Crippen MR) is 99.4 cm³/mol. The van der Waals surface area contributed by atoms with E-state index in [0.717, 1.165) is 12.8 Å². The number of rotatable bonds is 6. The van der Waals surface area contributed by atoms with Crippen molar-refractivity contribution in [3.63, 3.8) is 0 Å². The van der Waals surface area contributed by atoms with Crippen LogP contribution in [-0.2, 0) is 23.8 Å². The van der Waals surface area contributed by atoms with Crippen LogP contribution in [0.5, 0.6) is 0 Å². The van der Waals surface area contributed by atoms with Crippen molar-refractivity contribution in [1.82, 2.24) is 0 Å². The normalized spacial score (nSPS) is 37.1. The maximum Gasteiger partial charge on any atom is 0.534 e. The predicted octanol–water partition coefficient (Wildman–Crippen LogP) is 5.06. The molecule has 0 aromatic carbocycles. The van der Waals surface area contributed by atoms with Gasteiger partial charge in [-0.05, 0) is 62.0 Å². The topological polar surface area (TPSA) is 69.7 Å². The molecule has 0 saturated heterocycles. The number of carbonyl (C=O) groups excluding carboxylic acids is 1. The van der Waals surface area contributed by atoms with Crippen molar-refractivity contribution in [2.24, 2.45) is 28.6 Å². The van der Waals surface area contributed by atoms with E-state index in [9.17, 15) is 26.4 Å². The third-order valence-electron chi connectivity index (χ3n) is 7.33. The number of allylic oxidation sites excluding steroid dienone is 4. The molecule has 0 radical (unpaired) electrons. The number of hydrogen-bond acceptors (Lipinski definition) is 5. The van der Waals surface area contributed by atoms with Gasteiger partial charge in [0.15, 0.2) is 0 Å². The number of fused-ring (bicyclic) bond motifs is 3. The second-order valence-corrected chi connectivity index (χ2v) is 10.3. The van der Waals surface area contributed by atoms with Crippen molar-refractivity contribution in [2.45, 2.75) is 64.8 Å². The minimum atomic E-state index is -5.69. The zero-order chi connectivity index (χ0) is 21.7. The number of ether oxygens (including phenoxy) is 1. The Labute approximate surface area is 169 Å². The smallest absolute Gasteiger partial charge is 0.433 e. The molecule has 0 aromatic heterocycles. The second kappa shape index (κ2) is 7.32. The van der Waals surface area contributed by atoms with Crippen LogP contribution in [0.25, 0.3) is 0 Å². The highest BCUT2D eigenvalue weighted by Crippen LogP contribution is 2.64. The lowest BCUT2D eigenvalue weighted by atomic mass is 9.50. The van der Waals surface area contributed by atoms with Crippen LogP contribution in [-0.4, -0.2) is 20.4 Å². The van der Waals surface area contributed by atoms with Gasteiger partial charge in [0.2, 0.25) is 0 Å². The summed E-state index contributed by atoms with van der Waals surface area (Å²) >= 11 is 0. The molecule has 0 aliphatic heterocycles. The Kier molecular flexibility index (Phi) is 5.60. The van der Waals surface area contributed by atoms with Gasteiger partial charge in [-0.2, -0.15) is 21.6 Å². The Bertz CT molecular complexity index is 832. The number of alkyl halides is 3. The van der Waals surface area contributed by atoms with Gasteiger partial charge in [0.05, 0.1) is 0 Å². The van der Waals surface area contributed by atoms with E-state index in [1.54, 1.807) is 6.92 Å². The summed E-state index contributed by atoms with van der Waals surface area (Å²) < 4.78 is 71.5. The molecule has 1 saturated carbocycles. The summed E-state index contributed by atoms with van der Waals surface area (Å²) in [5, 5.41) is 0. The maximum atomic E-state index is 12.8. The molecule has 5 unspecified atom stereocenters. The fourth-order valence-corrected chi connectivity index (χ4v) is 6.54. The molecule has 9 heteroatoms.